The van der Waals surface area contributed by atoms with Crippen LogP contribution in [-0.4, -0.2) is 31.6 Å². The van der Waals surface area contributed by atoms with Gasteiger partial charge in [-0.3, -0.25) is 34.7 Å². The van der Waals surface area contributed by atoms with Gasteiger partial charge in [0, 0.05) is 41.4 Å². The number of aromatic nitrogens is 1. The van der Waals surface area contributed by atoms with E-state index in [1.54, 1.807) is 5.38 Å². The number of rotatable bonds is 5. The number of hydrogen-bond acceptors (Lipinski definition) is 9. The Morgan fingerprint density at radius 2 is 1.53 bits per heavy atom. The topological polar surface area (TPSA) is 157 Å². The van der Waals surface area contributed by atoms with Gasteiger partial charge in [-0.15, -0.1) is 11.3 Å². The van der Waals surface area contributed by atoms with Gasteiger partial charge in [0.1, 0.15) is 5.76 Å². The Kier molecular flexibility index (Phi) is 5.20. The van der Waals surface area contributed by atoms with E-state index >= 15 is 0 Å². The minimum Gasteiger partial charge on any atom is -0.507 e. The molecule has 1 amide bonds. The van der Waals surface area contributed by atoms with Crippen LogP contribution in [0.3, 0.4) is 0 Å². The van der Waals surface area contributed by atoms with Crippen molar-refractivity contribution in [3.63, 3.8) is 0 Å². The molecule has 0 radical (unpaired) electrons. The summed E-state index contributed by atoms with van der Waals surface area (Å²) in [6.45, 7) is 0. The molecular formula is C20H12N4O7S. The van der Waals surface area contributed by atoms with Crippen LogP contribution in [0.4, 0.5) is 16.5 Å². The highest BCUT2D eigenvalue weighted by Crippen LogP contribution is 2.43. The largest absolute Gasteiger partial charge is 0.507 e. The number of nitro benzene ring substituents is 2. The maximum Gasteiger partial charge on any atom is 0.301 e. The van der Waals surface area contributed by atoms with Crippen LogP contribution in [0.1, 0.15) is 17.2 Å². The molecule has 3 aromatic rings. The van der Waals surface area contributed by atoms with E-state index in [0.29, 0.717) is 5.56 Å². The molecule has 2 heterocycles. The molecule has 11 nitrogen and oxygen atoms in total. The molecular weight excluding hydrogens is 440 g/mol. The highest BCUT2D eigenvalue weighted by Gasteiger charge is 2.48. The van der Waals surface area contributed by atoms with Crippen molar-refractivity contribution >= 4 is 45.3 Å². The molecule has 32 heavy (non-hydrogen) atoms. The number of benzene rings is 2. The quantitative estimate of drug-likeness (QED) is 0.202. The summed E-state index contributed by atoms with van der Waals surface area (Å²) in [5.74, 6) is -2.42. The van der Waals surface area contributed by atoms with Crippen molar-refractivity contribution in [1.82, 2.24) is 4.98 Å². The molecule has 1 N–H and O–H groups in total. The zero-order valence-corrected chi connectivity index (χ0v) is 16.8. The predicted molar refractivity (Wildman–Crippen MR) is 113 cm³/mol. The van der Waals surface area contributed by atoms with Crippen LogP contribution in [0.5, 0.6) is 0 Å². The number of anilines is 1. The van der Waals surface area contributed by atoms with Crippen LogP contribution in [0.25, 0.3) is 5.76 Å². The molecule has 1 aliphatic heterocycles. The smallest absolute Gasteiger partial charge is 0.301 e. The number of nitrogens with zero attached hydrogens (tertiary/aromatic N) is 4. The number of nitro groups is 2. The lowest BCUT2D eigenvalue weighted by Crippen LogP contribution is -2.29. The van der Waals surface area contributed by atoms with E-state index in [2.05, 4.69) is 4.98 Å². The van der Waals surface area contributed by atoms with E-state index in [1.165, 1.54) is 42.6 Å². The molecule has 1 fully saturated rings. The van der Waals surface area contributed by atoms with Gasteiger partial charge in [0.2, 0.25) is 0 Å². The number of Topliss-reactive ketones (excluding diaryl/α,β-unsaturated/α-hetero) is 1. The highest BCUT2D eigenvalue weighted by atomic mass is 32.1. The molecule has 160 valence electrons. The van der Waals surface area contributed by atoms with Gasteiger partial charge >= 0.3 is 5.91 Å². The van der Waals surface area contributed by atoms with Gasteiger partial charge in [-0.05, 0) is 29.8 Å². The molecule has 0 saturated carbocycles. The van der Waals surface area contributed by atoms with Crippen LogP contribution in [-0.2, 0) is 9.59 Å². The van der Waals surface area contributed by atoms with Crippen molar-refractivity contribution in [3.8, 4) is 0 Å². The molecule has 1 aliphatic rings. The van der Waals surface area contributed by atoms with Crippen LogP contribution >= 0.6 is 11.3 Å². The summed E-state index contributed by atoms with van der Waals surface area (Å²) < 4.78 is 0. The summed E-state index contributed by atoms with van der Waals surface area (Å²) in [5.41, 5.74) is -0.215. The summed E-state index contributed by atoms with van der Waals surface area (Å²) in [7, 11) is 0. The van der Waals surface area contributed by atoms with Gasteiger partial charge in [-0.2, -0.15) is 0 Å². The number of thiazole rings is 1. The first-order chi connectivity index (χ1) is 15.3. The third-order valence-electron chi connectivity index (χ3n) is 4.84. The Morgan fingerprint density at radius 1 is 0.969 bits per heavy atom. The first-order valence-corrected chi connectivity index (χ1v) is 9.87. The van der Waals surface area contributed by atoms with E-state index in [4.69, 9.17) is 0 Å². The Labute approximate surface area is 183 Å². The summed E-state index contributed by atoms with van der Waals surface area (Å²) in [6, 6.07) is 8.97. The molecule has 4 rings (SSSR count). The number of aliphatic hydroxyl groups is 1. The molecule has 0 bridgehead atoms. The third kappa shape index (κ3) is 3.48. The first-order valence-electron chi connectivity index (χ1n) is 8.99. The average Bonchev–Trinajstić information content (AvgIpc) is 3.40. The van der Waals surface area contributed by atoms with E-state index in [1.807, 2.05) is 0 Å². The third-order valence-corrected chi connectivity index (χ3v) is 5.61. The number of amides is 1. The van der Waals surface area contributed by atoms with Gasteiger partial charge in [0.05, 0.1) is 21.5 Å². The second-order valence-electron chi connectivity index (χ2n) is 6.64. The van der Waals surface area contributed by atoms with Crippen molar-refractivity contribution in [2.24, 2.45) is 0 Å². The van der Waals surface area contributed by atoms with Crippen molar-refractivity contribution in [3.05, 3.63) is 97.0 Å². The normalized spacial score (nSPS) is 17.5. The molecule has 0 aliphatic carbocycles. The number of carbonyl (C=O) groups is 2. The Morgan fingerprint density at radius 3 is 2.03 bits per heavy atom. The Hall–Kier alpha value is -4.45. The maximum absolute atomic E-state index is 12.9. The number of non-ortho nitro benzene ring substituents is 2. The van der Waals surface area contributed by atoms with E-state index in [-0.39, 0.29) is 27.6 Å². The fraction of sp³-hybridized carbons (Fsp3) is 0.0500. The summed E-state index contributed by atoms with van der Waals surface area (Å²) in [6.07, 6.45) is 1.45. The minimum atomic E-state index is -1.10. The lowest BCUT2D eigenvalue weighted by atomic mass is 9.95. The second kappa shape index (κ2) is 8.00. The van der Waals surface area contributed by atoms with E-state index in [9.17, 15) is 34.9 Å². The molecule has 1 saturated heterocycles. The average molecular weight is 452 g/mol. The number of ketones is 1. The van der Waals surface area contributed by atoms with Gasteiger partial charge in [0.25, 0.3) is 17.2 Å². The summed E-state index contributed by atoms with van der Waals surface area (Å²) >= 11 is 1.10. The molecule has 0 unspecified atom stereocenters. The predicted octanol–water partition coefficient (Wildman–Crippen LogP) is 3.59. The lowest BCUT2D eigenvalue weighted by molar-refractivity contribution is -0.385. The van der Waals surface area contributed by atoms with Crippen molar-refractivity contribution in [2.45, 2.75) is 6.04 Å². The zero-order chi connectivity index (χ0) is 23.0. The van der Waals surface area contributed by atoms with Crippen molar-refractivity contribution in [2.75, 3.05) is 4.90 Å². The number of carbonyl (C=O) groups excluding carboxylic acids is 2. The van der Waals surface area contributed by atoms with Crippen LogP contribution in [0, 0.1) is 20.2 Å². The number of hydrogen-bond donors (Lipinski definition) is 1. The standard InChI is InChI=1S/C20H12N4O7S/c25-17(12-3-7-14(8-4-12)24(30)31)15-16(11-1-5-13(6-2-11)23(28)29)22(19(27)18(15)26)20-21-9-10-32-20/h1-10,16,25H/t16-/m0/s1. The molecule has 2 aromatic carbocycles. The zero-order valence-electron chi connectivity index (χ0n) is 15.9. The van der Waals surface area contributed by atoms with Gasteiger partial charge in [-0.1, -0.05) is 0 Å². The van der Waals surface area contributed by atoms with Gasteiger partial charge in [-0.25, -0.2) is 4.98 Å². The molecule has 1 aromatic heterocycles. The van der Waals surface area contributed by atoms with E-state index < -0.39 is 33.3 Å². The highest BCUT2D eigenvalue weighted by molar-refractivity contribution is 7.14. The molecule has 0 spiro atoms. The van der Waals surface area contributed by atoms with Gasteiger partial charge in [0.15, 0.2) is 5.13 Å². The van der Waals surface area contributed by atoms with E-state index in [0.717, 1.165) is 28.4 Å². The minimum absolute atomic E-state index is 0.0969. The lowest BCUT2D eigenvalue weighted by Gasteiger charge is -2.22. The summed E-state index contributed by atoms with van der Waals surface area (Å²) in [5, 5.41) is 34.6. The summed E-state index contributed by atoms with van der Waals surface area (Å²) in [4.78, 5) is 51.7. The first kappa shape index (κ1) is 20.8. The second-order valence-corrected chi connectivity index (χ2v) is 7.51. The maximum atomic E-state index is 12.9. The fourth-order valence-electron chi connectivity index (χ4n) is 3.35. The molecule has 12 heteroatoms. The Bertz CT molecular complexity index is 1270. The van der Waals surface area contributed by atoms with Crippen LogP contribution < -0.4 is 4.90 Å². The van der Waals surface area contributed by atoms with Gasteiger partial charge < -0.3 is 5.11 Å². The Balaban J connectivity index is 1.89. The molecule has 1 atom stereocenters. The monoisotopic (exact) mass is 452 g/mol. The fourth-order valence-corrected chi connectivity index (χ4v) is 4.02. The van der Waals surface area contributed by atoms with Crippen molar-refractivity contribution < 1.29 is 24.5 Å². The SMILES string of the molecule is O=C1C(=O)N(c2nccs2)[C@@H](c2ccc([N+](=O)[O-])cc2)C1=C(O)c1ccc([N+](=O)[O-])cc1. The van der Waals surface area contributed by atoms with Crippen LogP contribution in [0.15, 0.2) is 65.7 Å². The van der Waals surface area contributed by atoms with Crippen LogP contribution in [0.2, 0.25) is 0 Å². The number of aliphatic hydroxyl groups excluding tert-OH is 1. The van der Waals surface area contributed by atoms with Crippen molar-refractivity contribution in [1.29, 1.82) is 0 Å².